The summed E-state index contributed by atoms with van der Waals surface area (Å²) >= 11 is 0. The largest absolute Gasteiger partial charge is 0.480 e. The van der Waals surface area contributed by atoms with Crippen LogP contribution in [-0.4, -0.2) is 58.8 Å². The van der Waals surface area contributed by atoms with Crippen LogP contribution in [0, 0.1) is 6.92 Å². The highest BCUT2D eigenvalue weighted by Crippen LogP contribution is 2.30. The van der Waals surface area contributed by atoms with Gasteiger partial charge in [-0.2, -0.15) is 0 Å². The molecule has 1 saturated heterocycles. The van der Waals surface area contributed by atoms with Crippen molar-refractivity contribution in [2.45, 2.75) is 59.2 Å². The number of anilines is 1. The molecule has 0 radical (unpaired) electrons. The van der Waals surface area contributed by atoms with Crippen LogP contribution in [0.3, 0.4) is 0 Å². The zero-order valence-electron chi connectivity index (χ0n) is 17.8. The second-order valence-corrected chi connectivity index (χ2v) is 8.45. The van der Waals surface area contributed by atoms with E-state index in [-0.39, 0.29) is 18.2 Å². The van der Waals surface area contributed by atoms with Gasteiger partial charge >= 0.3 is 6.09 Å². The fraction of sp³-hybridized carbons (Fsp3) is 0.571. The zero-order valence-corrected chi connectivity index (χ0v) is 17.8. The number of hydrogen-bond donors (Lipinski definition) is 0. The molecule has 0 aliphatic carbocycles. The molecule has 1 aliphatic rings. The number of hydrogen-bond acceptors (Lipinski definition) is 6. The summed E-state index contributed by atoms with van der Waals surface area (Å²) in [6.45, 7) is 13.0. The van der Waals surface area contributed by atoms with Crippen molar-refractivity contribution in [1.29, 1.82) is 0 Å². The highest BCUT2D eigenvalue weighted by Gasteiger charge is 2.36. The molecule has 7 heteroatoms. The number of aromatic nitrogens is 2. The first-order chi connectivity index (χ1) is 13.1. The van der Waals surface area contributed by atoms with Crippen LogP contribution >= 0.6 is 0 Å². The third-order valence-corrected chi connectivity index (χ3v) is 4.86. The van der Waals surface area contributed by atoms with E-state index in [1.165, 1.54) is 0 Å². The molecule has 3 rings (SSSR count). The molecular weight excluding hydrogens is 356 g/mol. The number of rotatable bonds is 2. The summed E-state index contributed by atoms with van der Waals surface area (Å²) in [6.07, 6.45) is -0.262. The second kappa shape index (κ2) is 7.45. The van der Waals surface area contributed by atoms with Crippen molar-refractivity contribution in [3.8, 4) is 5.88 Å². The molecule has 1 amide bonds. The molecule has 0 saturated carbocycles. The Bertz CT molecular complexity index is 866. The van der Waals surface area contributed by atoms with E-state index in [2.05, 4.69) is 14.9 Å². The summed E-state index contributed by atoms with van der Waals surface area (Å²) in [5.41, 5.74) is 2.92. The lowest BCUT2D eigenvalue weighted by molar-refractivity contribution is 0.00568. The van der Waals surface area contributed by atoms with Crippen molar-refractivity contribution in [2.75, 3.05) is 25.1 Å². The van der Waals surface area contributed by atoms with Crippen LogP contribution in [0.25, 0.3) is 11.0 Å². The summed E-state index contributed by atoms with van der Waals surface area (Å²) in [4.78, 5) is 26.1. The first-order valence-electron chi connectivity index (χ1n) is 9.68. The monoisotopic (exact) mass is 386 g/mol. The zero-order chi connectivity index (χ0) is 20.6. The number of carbonyl (C=O) groups excluding carboxylic acids is 1. The molecule has 1 aromatic heterocycles. The van der Waals surface area contributed by atoms with Crippen LogP contribution in [-0.2, 0) is 4.74 Å². The van der Waals surface area contributed by atoms with Crippen LogP contribution in [0.4, 0.5) is 10.5 Å². The highest BCUT2D eigenvalue weighted by atomic mass is 16.6. The minimum absolute atomic E-state index is 0.00848. The molecule has 28 heavy (non-hydrogen) atoms. The van der Waals surface area contributed by atoms with Gasteiger partial charge in [-0.1, -0.05) is 6.07 Å². The molecule has 2 atom stereocenters. The number of fused-ring (bicyclic) bond motifs is 1. The Balaban J connectivity index is 1.90. The average molecular weight is 386 g/mol. The number of aryl methyl sites for hydroxylation is 1. The molecule has 1 aliphatic heterocycles. The lowest BCUT2D eigenvalue weighted by Crippen LogP contribution is -2.59. The molecule has 2 heterocycles. The molecule has 152 valence electrons. The number of ether oxygens (including phenoxy) is 2. The normalized spacial score (nSPS) is 20.4. The number of methoxy groups -OCH3 is 1. The minimum Gasteiger partial charge on any atom is -0.480 e. The van der Waals surface area contributed by atoms with Gasteiger partial charge in [0.05, 0.1) is 30.4 Å². The maximum absolute atomic E-state index is 12.7. The summed E-state index contributed by atoms with van der Waals surface area (Å²) < 4.78 is 11.0. The topological polar surface area (TPSA) is 67.8 Å². The summed E-state index contributed by atoms with van der Waals surface area (Å²) in [5, 5.41) is 0. The molecule has 1 fully saturated rings. The predicted molar refractivity (Wildman–Crippen MR) is 110 cm³/mol. The quantitative estimate of drug-likeness (QED) is 0.782. The van der Waals surface area contributed by atoms with Crippen molar-refractivity contribution >= 4 is 22.8 Å². The number of piperazine rings is 1. The van der Waals surface area contributed by atoms with Gasteiger partial charge in [0.25, 0.3) is 0 Å². The Morgan fingerprint density at radius 1 is 1.14 bits per heavy atom. The van der Waals surface area contributed by atoms with Gasteiger partial charge in [-0.3, -0.25) is 4.90 Å². The van der Waals surface area contributed by atoms with Crippen molar-refractivity contribution in [3.05, 3.63) is 23.9 Å². The molecule has 0 N–H and O–H groups in total. The maximum Gasteiger partial charge on any atom is 0.410 e. The summed E-state index contributed by atoms with van der Waals surface area (Å²) in [6, 6.07) is 6.02. The number of benzene rings is 1. The smallest absolute Gasteiger partial charge is 0.410 e. The number of amides is 1. The maximum atomic E-state index is 12.7. The van der Waals surface area contributed by atoms with E-state index < -0.39 is 5.60 Å². The highest BCUT2D eigenvalue weighted by molar-refractivity contribution is 5.89. The van der Waals surface area contributed by atoms with Crippen molar-refractivity contribution in [2.24, 2.45) is 0 Å². The van der Waals surface area contributed by atoms with Gasteiger partial charge in [0.1, 0.15) is 16.8 Å². The van der Waals surface area contributed by atoms with Gasteiger partial charge in [0.15, 0.2) is 0 Å². The van der Waals surface area contributed by atoms with Crippen LogP contribution < -0.4 is 9.64 Å². The van der Waals surface area contributed by atoms with Gasteiger partial charge in [-0.25, -0.2) is 14.8 Å². The van der Waals surface area contributed by atoms with Crippen molar-refractivity contribution < 1.29 is 14.3 Å². The fourth-order valence-corrected chi connectivity index (χ4v) is 3.78. The fourth-order valence-electron chi connectivity index (χ4n) is 3.78. The Labute approximate surface area is 166 Å². The Morgan fingerprint density at radius 3 is 2.36 bits per heavy atom. The van der Waals surface area contributed by atoms with E-state index in [1.54, 1.807) is 7.11 Å². The van der Waals surface area contributed by atoms with E-state index in [4.69, 9.17) is 9.47 Å². The molecule has 2 aromatic rings. The van der Waals surface area contributed by atoms with Gasteiger partial charge in [0, 0.05) is 13.1 Å². The first kappa shape index (κ1) is 20.2. The first-order valence-corrected chi connectivity index (χ1v) is 9.68. The third kappa shape index (κ3) is 3.98. The number of nitrogens with zero attached hydrogens (tertiary/aromatic N) is 4. The molecule has 1 aromatic carbocycles. The van der Waals surface area contributed by atoms with E-state index in [1.807, 2.05) is 64.6 Å². The van der Waals surface area contributed by atoms with Crippen molar-refractivity contribution in [1.82, 2.24) is 14.9 Å². The van der Waals surface area contributed by atoms with E-state index >= 15 is 0 Å². The second-order valence-electron chi connectivity index (χ2n) is 8.45. The summed E-state index contributed by atoms with van der Waals surface area (Å²) in [7, 11) is 1.61. The summed E-state index contributed by atoms with van der Waals surface area (Å²) in [5.74, 6) is 0.536. The Morgan fingerprint density at radius 2 is 1.79 bits per heavy atom. The Hall–Kier alpha value is -2.57. The SMILES string of the molecule is COc1nc2c(N3CC(C)N(C(=O)OC(C)(C)C)[C@@H](C)C3)cccc2nc1C. The molecule has 0 bridgehead atoms. The number of para-hydroxylation sites is 1. The molecule has 1 unspecified atom stereocenters. The van der Waals surface area contributed by atoms with Gasteiger partial charge in [0.2, 0.25) is 5.88 Å². The van der Waals surface area contributed by atoms with Gasteiger partial charge in [-0.15, -0.1) is 0 Å². The van der Waals surface area contributed by atoms with E-state index in [9.17, 15) is 4.79 Å². The minimum atomic E-state index is -0.507. The molecular formula is C21H30N4O3. The van der Waals surface area contributed by atoms with E-state index in [0.29, 0.717) is 19.0 Å². The van der Waals surface area contributed by atoms with Gasteiger partial charge in [-0.05, 0) is 53.7 Å². The Kier molecular flexibility index (Phi) is 5.37. The third-order valence-electron chi connectivity index (χ3n) is 4.86. The van der Waals surface area contributed by atoms with Crippen molar-refractivity contribution in [3.63, 3.8) is 0 Å². The standard InChI is InChI=1S/C21H30N4O3/c1-13-11-24(12-14(2)25(13)20(26)28-21(4,5)6)17-10-8-9-16-18(17)23-19(27-7)15(3)22-16/h8-10,13-14H,11-12H2,1-7H3/t13-,14?/m0/s1. The lowest BCUT2D eigenvalue weighted by atomic mass is 10.1. The van der Waals surface area contributed by atoms with E-state index in [0.717, 1.165) is 22.4 Å². The average Bonchev–Trinajstić information content (AvgIpc) is 2.58. The van der Waals surface area contributed by atoms with Crippen LogP contribution in [0.5, 0.6) is 5.88 Å². The lowest BCUT2D eigenvalue weighted by Gasteiger charge is -2.45. The molecule has 7 nitrogen and oxygen atoms in total. The molecule has 0 spiro atoms. The van der Waals surface area contributed by atoms with Crippen LogP contribution in [0.1, 0.15) is 40.3 Å². The van der Waals surface area contributed by atoms with Crippen LogP contribution in [0.2, 0.25) is 0 Å². The van der Waals surface area contributed by atoms with Crippen LogP contribution in [0.15, 0.2) is 18.2 Å². The number of carbonyl (C=O) groups is 1. The van der Waals surface area contributed by atoms with Gasteiger partial charge < -0.3 is 14.4 Å². The predicted octanol–water partition coefficient (Wildman–Crippen LogP) is 3.78.